The maximum atomic E-state index is 11.1. The van der Waals surface area contributed by atoms with Crippen LogP contribution in [-0.4, -0.2) is 36.2 Å². The van der Waals surface area contributed by atoms with Gasteiger partial charge in [0.1, 0.15) is 24.1 Å². The number of carbonyl (C=O) groups excluding carboxylic acids is 1. The second-order valence-electron chi connectivity index (χ2n) is 3.08. The maximum Gasteiger partial charge on any atom is 0.325 e. The summed E-state index contributed by atoms with van der Waals surface area (Å²) in [6.07, 6.45) is 0. The first-order valence-electron chi connectivity index (χ1n) is 5.07. The van der Waals surface area contributed by atoms with Crippen LogP contribution in [0.2, 0.25) is 5.15 Å². The molecule has 0 aromatic carbocycles. The SMILES string of the molecule is CCOC(=O)CNc1cc(Cl)nc(COC)n1. The standard InChI is InChI=1S/C10H14ClN3O3/c1-3-17-10(15)5-12-8-4-7(11)13-9(14-8)6-16-2/h4H,3,5-6H2,1-2H3,(H,12,13,14). The molecule has 94 valence electrons. The number of ether oxygens (including phenoxy) is 2. The fourth-order valence-corrected chi connectivity index (χ4v) is 1.32. The van der Waals surface area contributed by atoms with Gasteiger partial charge in [-0.3, -0.25) is 4.79 Å². The summed E-state index contributed by atoms with van der Waals surface area (Å²) in [5, 5.41) is 3.09. The van der Waals surface area contributed by atoms with E-state index in [-0.39, 0.29) is 19.1 Å². The number of methoxy groups -OCH3 is 1. The third kappa shape index (κ3) is 4.97. The van der Waals surface area contributed by atoms with E-state index in [0.717, 1.165) is 0 Å². The molecule has 7 heteroatoms. The molecule has 0 fully saturated rings. The molecule has 1 aromatic rings. The lowest BCUT2D eigenvalue weighted by Crippen LogP contribution is -2.17. The molecule has 0 aliphatic carbocycles. The van der Waals surface area contributed by atoms with Crippen molar-refractivity contribution in [2.45, 2.75) is 13.5 Å². The lowest BCUT2D eigenvalue weighted by molar-refractivity contribution is -0.140. The third-order valence-electron chi connectivity index (χ3n) is 1.73. The molecule has 1 aromatic heterocycles. The Balaban J connectivity index is 2.61. The maximum absolute atomic E-state index is 11.1. The lowest BCUT2D eigenvalue weighted by atomic mass is 10.5. The number of nitrogens with one attached hydrogen (secondary N) is 1. The van der Waals surface area contributed by atoms with Crippen LogP contribution >= 0.6 is 11.6 Å². The first-order chi connectivity index (χ1) is 8.15. The molecule has 0 unspecified atom stereocenters. The summed E-state index contributed by atoms with van der Waals surface area (Å²) in [4.78, 5) is 19.2. The molecule has 1 heterocycles. The Morgan fingerprint density at radius 3 is 2.94 bits per heavy atom. The van der Waals surface area contributed by atoms with Crippen molar-refractivity contribution in [3.05, 3.63) is 17.0 Å². The highest BCUT2D eigenvalue weighted by Crippen LogP contribution is 2.11. The van der Waals surface area contributed by atoms with Crippen LogP contribution < -0.4 is 5.32 Å². The Hall–Kier alpha value is -1.40. The minimum absolute atomic E-state index is 0.0353. The van der Waals surface area contributed by atoms with E-state index in [2.05, 4.69) is 15.3 Å². The van der Waals surface area contributed by atoms with Crippen LogP contribution in [0.25, 0.3) is 0 Å². The average molecular weight is 260 g/mol. The number of halogens is 1. The largest absolute Gasteiger partial charge is 0.465 e. The van der Waals surface area contributed by atoms with Crippen molar-refractivity contribution in [3.8, 4) is 0 Å². The number of hydrogen-bond acceptors (Lipinski definition) is 6. The van der Waals surface area contributed by atoms with E-state index in [1.807, 2.05) is 0 Å². The van der Waals surface area contributed by atoms with Crippen molar-refractivity contribution >= 4 is 23.4 Å². The second kappa shape index (κ2) is 7.03. The highest BCUT2D eigenvalue weighted by atomic mass is 35.5. The minimum atomic E-state index is -0.351. The number of aromatic nitrogens is 2. The van der Waals surface area contributed by atoms with Crippen LogP contribution in [0.5, 0.6) is 0 Å². The summed E-state index contributed by atoms with van der Waals surface area (Å²) in [7, 11) is 1.54. The van der Waals surface area contributed by atoms with Gasteiger partial charge in [-0.1, -0.05) is 11.6 Å². The van der Waals surface area contributed by atoms with Crippen LogP contribution in [0.1, 0.15) is 12.7 Å². The predicted molar refractivity (Wildman–Crippen MR) is 62.9 cm³/mol. The molecule has 0 amide bonds. The summed E-state index contributed by atoms with van der Waals surface area (Å²) < 4.78 is 9.67. The van der Waals surface area contributed by atoms with Gasteiger partial charge in [-0.25, -0.2) is 9.97 Å². The van der Waals surface area contributed by atoms with Gasteiger partial charge < -0.3 is 14.8 Å². The molecule has 0 saturated carbocycles. The van der Waals surface area contributed by atoms with Crippen LogP contribution in [0.4, 0.5) is 5.82 Å². The third-order valence-corrected chi connectivity index (χ3v) is 1.93. The van der Waals surface area contributed by atoms with Crippen molar-refractivity contribution < 1.29 is 14.3 Å². The molecule has 0 saturated heterocycles. The van der Waals surface area contributed by atoms with Gasteiger partial charge in [0.05, 0.1) is 6.61 Å². The van der Waals surface area contributed by atoms with Crippen molar-refractivity contribution in [2.24, 2.45) is 0 Å². The Morgan fingerprint density at radius 2 is 2.29 bits per heavy atom. The topological polar surface area (TPSA) is 73.3 Å². The summed E-state index contributed by atoms with van der Waals surface area (Å²) >= 11 is 5.80. The number of carbonyl (C=O) groups is 1. The van der Waals surface area contributed by atoms with Gasteiger partial charge in [0.25, 0.3) is 0 Å². The first kappa shape index (κ1) is 13.7. The molecular weight excluding hydrogens is 246 g/mol. The average Bonchev–Trinajstić information content (AvgIpc) is 2.26. The van der Waals surface area contributed by atoms with E-state index >= 15 is 0 Å². The quantitative estimate of drug-likeness (QED) is 0.612. The predicted octanol–water partition coefficient (Wildman–Crippen LogP) is 1.25. The van der Waals surface area contributed by atoms with E-state index in [9.17, 15) is 4.79 Å². The summed E-state index contributed by atoms with van der Waals surface area (Å²) in [5.74, 6) is 0.562. The van der Waals surface area contributed by atoms with Crippen LogP contribution in [0.3, 0.4) is 0 Å². The van der Waals surface area contributed by atoms with E-state index < -0.39 is 0 Å². The lowest BCUT2D eigenvalue weighted by Gasteiger charge is -2.07. The van der Waals surface area contributed by atoms with Gasteiger partial charge in [0.15, 0.2) is 5.82 Å². The number of anilines is 1. The minimum Gasteiger partial charge on any atom is -0.465 e. The van der Waals surface area contributed by atoms with Crippen LogP contribution in [0.15, 0.2) is 6.07 Å². The Labute approximate surface area is 104 Å². The molecule has 1 N–H and O–H groups in total. The summed E-state index contributed by atoms with van der Waals surface area (Å²) in [6.45, 7) is 2.39. The molecule has 1 rings (SSSR count). The number of nitrogens with zero attached hydrogens (tertiary/aromatic N) is 2. The molecule has 17 heavy (non-hydrogen) atoms. The smallest absolute Gasteiger partial charge is 0.325 e. The van der Waals surface area contributed by atoms with Crippen molar-refractivity contribution in [1.29, 1.82) is 0 Å². The Morgan fingerprint density at radius 1 is 1.53 bits per heavy atom. The van der Waals surface area contributed by atoms with Crippen molar-refractivity contribution in [2.75, 3.05) is 25.6 Å². The molecule has 6 nitrogen and oxygen atoms in total. The Kier molecular flexibility index (Phi) is 5.65. The zero-order valence-corrected chi connectivity index (χ0v) is 10.5. The molecule has 0 radical (unpaired) electrons. The van der Waals surface area contributed by atoms with Gasteiger partial charge in [-0.05, 0) is 6.92 Å². The van der Waals surface area contributed by atoms with Crippen molar-refractivity contribution in [1.82, 2.24) is 9.97 Å². The molecular formula is C10H14ClN3O3. The zero-order valence-electron chi connectivity index (χ0n) is 9.70. The summed E-state index contributed by atoms with van der Waals surface area (Å²) in [6, 6.07) is 1.53. The second-order valence-corrected chi connectivity index (χ2v) is 3.47. The monoisotopic (exact) mass is 259 g/mol. The number of hydrogen-bond donors (Lipinski definition) is 1. The normalized spacial score (nSPS) is 10.1. The van der Waals surface area contributed by atoms with Crippen LogP contribution in [0, 0.1) is 0 Å². The van der Waals surface area contributed by atoms with Gasteiger partial charge >= 0.3 is 5.97 Å². The van der Waals surface area contributed by atoms with E-state index in [4.69, 9.17) is 21.1 Å². The van der Waals surface area contributed by atoms with Crippen molar-refractivity contribution in [3.63, 3.8) is 0 Å². The van der Waals surface area contributed by atoms with E-state index in [0.29, 0.717) is 23.4 Å². The molecule has 0 bridgehead atoms. The summed E-state index contributed by atoms with van der Waals surface area (Å²) in [5.41, 5.74) is 0. The fraction of sp³-hybridized carbons (Fsp3) is 0.500. The molecule has 0 atom stereocenters. The highest BCUT2D eigenvalue weighted by molar-refractivity contribution is 6.29. The van der Waals surface area contributed by atoms with Gasteiger partial charge in [0, 0.05) is 13.2 Å². The first-order valence-corrected chi connectivity index (χ1v) is 5.45. The van der Waals surface area contributed by atoms with Gasteiger partial charge in [-0.2, -0.15) is 0 Å². The Bertz CT molecular complexity index is 387. The van der Waals surface area contributed by atoms with Gasteiger partial charge in [-0.15, -0.1) is 0 Å². The van der Waals surface area contributed by atoms with E-state index in [1.54, 1.807) is 6.92 Å². The van der Waals surface area contributed by atoms with E-state index in [1.165, 1.54) is 13.2 Å². The molecule has 0 aliphatic rings. The molecule has 0 spiro atoms. The zero-order chi connectivity index (χ0) is 12.7. The fourth-order valence-electron chi connectivity index (χ4n) is 1.12. The van der Waals surface area contributed by atoms with Gasteiger partial charge in [0.2, 0.25) is 0 Å². The highest BCUT2D eigenvalue weighted by Gasteiger charge is 2.05. The number of esters is 1. The number of rotatable bonds is 6. The molecule has 0 aliphatic heterocycles. The van der Waals surface area contributed by atoms with Crippen LogP contribution in [-0.2, 0) is 20.9 Å².